The molecule has 1 saturated carbocycles. The van der Waals surface area contributed by atoms with Gasteiger partial charge in [-0.25, -0.2) is 0 Å². The molecule has 1 heteroatoms. The minimum absolute atomic E-state index is 0.715. The topological polar surface area (TPSA) is 12.0 Å². The van der Waals surface area contributed by atoms with Crippen molar-refractivity contribution < 1.29 is 0 Å². The zero-order valence-corrected chi connectivity index (χ0v) is 13.2. The lowest BCUT2D eigenvalue weighted by Gasteiger charge is -2.22. The second-order valence-corrected chi connectivity index (χ2v) is 6.87. The molecule has 1 aliphatic rings. The van der Waals surface area contributed by atoms with E-state index in [1.54, 1.807) is 0 Å². The molecular formula is C17H35N. The van der Waals surface area contributed by atoms with Gasteiger partial charge in [0.25, 0.3) is 0 Å². The van der Waals surface area contributed by atoms with Gasteiger partial charge >= 0.3 is 0 Å². The van der Waals surface area contributed by atoms with Crippen LogP contribution in [0.15, 0.2) is 0 Å². The molecule has 0 heterocycles. The van der Waals surface area contributed by atoms with Crippen molar-refractivity contribution in [3.05, 3.63) is 0 Å². The molecule has 3 unspecified atom stereocenters. The van der Waals surface area contributed by atoms with Gasteiger partial charge in [0.1, 0.15) is 0 Å². The number of hydrogen-bond acceptors (Lipinski definition) is 1. The molecule has 0 radical (unpaired) electrons. The Kier molecular flexibility index (Phi) is 7.97. The standard InChI is InChI=1S/C17H35N/c1-5-16-10-7-11-17(13-12-16)18-15(4)9-6-8-14(2)3/h14-18H,5-13H2,1-4H3. The van der Waals surface area contributed by atoms with Crippen molar-refractivity contribution in [2.24, 2.45) is 11.8 Å². The van der Waals surface area contributed by atoms with Gasteiger partial charge in [0.05, 0.1) is 0 Å². The Hall–Kier alpha value is -0.0400. The largest absolute Gasteiger partial charge is 0.312 e. The molecule has 0 aromatic heterocycles. The molecular weight excluding hydrogens is 218 g/mol. The highest BCUT2D eigenvalue weighted by Gasteiger charge is 2.18. The molecule has 0 spiro atoms. The zero-order chi connectivity index (χ0) is 13.4. The second kappa shape index (κ2) is 8.96. The number of hydrogen-bond donors (Lipinski definition) is 1. The fraction of sp³-hybridized carbons (Fsp3) is 1.00. The van der Waals surface area contributed by atoms with Gasteiger partial charge < -0.3 is 5.32 Å². The van der Waals surface area contributed by atoms with Crippen LogP contribution in [-0.4, -0.2) is 12.1 Å². The Morgan fingerprint density at radius 1 is 1.00 bits per heavy atom. The minimum Gasteiger partial charge on any atom is -0.312 e. The van der Waals surface area contributed by atoms with Gasteiger partial charge in [0.15, 0.2) is 0 Å². The van der Waals surface area contributed by atoms with Crippen LogP contribution in [0.2, 0.25) is 0 Å². The summed E-state index contributed by atoms with van der Waals surface area (Å²) < 4.78 is 0. The maximum Gasteiger partial charge on any atom is 0.00696 e. The van der Waals surface area contributed by atoms with Crippen molar-refractivity contribution in [3.8, 4) is 0 Å². The molecule has 0 aliphatic heterocycles. The maximum absolute atomic E-state index is 3.88. The SMILES string of the molecule is CCC1CCCC(NC(C)CCCC(C)C)CC1. The third-order valence-electron chi connectivity index (χ3n) is 4.60. The van der Waals surface area contributed by atoms with Crippen LogP contribution >= 0.6 is 0 Å². The van der Waals surface area contributed by atoms with Crippen LogP contribution in [0.5, 0.6) is 0 Å². The molecule has 0 saturated heterocycles. The van der Waals surface area contributed by atoms with E-state index >= 15 is 0 Å². The van der Waals surface area contributed by atoms with Crippen molar-refractivity contribution in [2.75, 3.05) is 0 Å². The molecule has 108 valence electrons. The highest BCUT2D eigenvalue weighted by Crippen LogP contribution is 2.25. The lowest BCUT2D eigenvalue weighted by atomic mass is 9.97. The highest BCUT2D eigenvalue weighted by atomic mass is 14.9. The summed E-state index contributed by atoms with van der Waals surface area (Å²) in [5.41, 5.74) is 0. The van der Waals surface area contributed by atoms with E-state index < -0.39 is 0 Å². The molecule has 0 aromatic carbocycles. The molecule has 0 bridgehead atoms. The summed E-state index contributed by atoms with van der Waals surface area (Å²) in [6.07, 6.45) is 12.7. The number of nitrogens with one attached hydrogen (secondary N) is 1. The van der Waals surface area contributed by atoms with E-state index in [0.29, 0.717) is 6.04 Å². The normalized spacial score (nSPS) is 27.2. The van der Waals surface area contributed by atoms with Crippen molar-refractivity contribution in [1.82, 2.24) is 5.32 Å². The van der Waals surface area contributed by atoms with Crippen molar-refractivity contribution in [1.29, 1.82) is 0 Å². The quantitative estimate of drug-likeness (QED) is 0.619. The Labute approximate surface area is 115 Å². The summed E-state index contributed by atoms with van der Waals surface area (Å²) in [5.74, 6) is 1.87. The van der Waals surface area contributed by atoms with E-state index in [2.05, 4.69) is 33.0 Å². The van der Waals surface area contributed by atoms with Crippen LogP contribution in [-0.2, 0) is 0 Å². The summed E-state index contributed by atoms with van der Waals surface area (Å²) in [5, 5.41) is 3.88. The summed E-state index contributed by atoms with van der Waals surface area (Å²) in [6.45, 7) is 9.39. The average Bonchev–Trinajstić information content (AvgIpc) is 2.53. The van der Waals surface area contributed by atoms with E-state index in [0.717, 1.165) is 17.9 Å². The Morgan fingerprint density at radius 2 is 1.78 bits per heavy atom. The summed E-state index contributed by atoms with van der Waals surface area (Å²) >= 11 is 0. The first kappa shape index (κ1) is 16.0. The van der Waals surface area contributed by atoms with Crippen LogP contribution < -0.4 is 5.32 Å². The molecule has 1 N–H and O–H groups in total. The first-order valence-corrected chi connectivity index (χ1v) is 8.37. The van der Waals surface area contributed by atoms with Gasteiger partial charge in [-0.15, -0.1) is 0 Å². The average molecular weight is 253 g/mol. The molecule has 18 heavy (non-hydrogen) atoms. The molecule has 1 rings (SSSR count). The minimum atomic E-state index is 0.715. The highest BCUT2D eigenvalue weighted by molar-refractivity contribution is 4.77. The van der Waals surface area contributed by atoms with E-state index in [1.807, 2.05) is 0 Å². The van der Waals surface area contributed by atoms with E-state index in [4.69, 9.17) is 0 Å². The zero-order valence-electron chi connectivity index (χ0n) is 13.2. The van der Waals surface area contributed by atoms with E-state index in [9.17, 15) is 0 Å². The van der Waals surface area contributed by atoms with Crippen molar-refractivity contribution >= 4 is 0 Å². The first-order valence-electron chi connectivity index (χ1n) is 8.37. The van der Waals surface area contributed by atoms with Crippen LogP contribution in [0, 0.1) is 11.8 Å². The van der Waals surface area contributed by atoms with Gasteiger partial charge in [-0.1, -0.05) is 52.9 Å². The molecule has 1 aliphatic carbocycles. The lowest BCUT2D eigenvalue weighted by Crippen LogP contribution is -2.36. The third kappa shape index (κ3) is 6.78. The summed E-state index contributed by atoms with van der Waals surface area (Å²) in [6, 6.07) is 1.52. The monoisotopic (exact) mass is 253 g/mol. The van der Waals surface area contributed by atoms with Gasteiger partial charge in [-0.2, -0.15) is 0 Å². The van der Waals surface area contributed by atoms with Gasteiger partial charge in [0, 0.05) is 12.1 Å². The molecule has 1 fully saturated rings. The van der Waals surface area contributed by atoms with Crippen LogP contribution in [0.3, 0.4) is 0 Å². The summed E-state index contributed by atoms with van der Waals surface area (Å²) in [7, 11) is 0. The van der Waals surface area contributed by atoms with Crippen LogP contribution in [0.1, 0.15) is 85.5 Å². The van der Waals surface area contributed by atoms with Crippen molar-refractivity contribution in [3.63, 3.8) is 0 Å². The van der Waals surface area contributed by atoms with Crippen molar-refractivity contribution in [2.45, 2.75) is 97.6 Å². The predicted octanol–water partition coefficient (Wildman–Crippen LogP) is 5.15. The molecule has 3 atom stereocenters. The molecule has 1 nitrogen and oxygen atoms in total. The van der Waals surface area contributed by atoms with Gasteiger partial charge in [0.2, 0.25) is 0 Å². The Bertz CT molecular complexity index is 200. The fourth-order valence-electron chi connectivity index (χ4n) is 3.27. The van der Waals surface area contributed by atoms with E-state index in [-0.39, 0.29) is 0 Å². The van der Waals surface area contributed by atoms with Crippen LogP contribution in [0.4, 0.5) is 0 Å². The van der Waals surface area contributed by atoms with Crippen LogP contribution in [0.25, 0.3) is 0 Å². The maximum atomic E-state index is 3.88. The predicted molar refractivity (Wildman–Crippen MR) is 81.9 cm³/mol. The summed E-state index contributed by atoms with van der Waals surface area (Å²) in [4.78, 5) is 0. The Balaban J connectivity index is 2.16. The number of rotatable bonds is 7. The second-order valence-electron chi connectivity index (χ2n) is 6.87. The first-order chi connectivity index (χ1) is 8.61. The molecule has 0 aromatic rings. The van der Waals surface area contributed by atoms with E-state index in [1.165, 1.54) is 57.8 Å². The Morgan fingerprint density at radius 3 is 2.44 bits per heavy atom. The molecule has 0 amide bonds. The third-order valence-corrected chi connectivity index (χ3v) is 4.60. The van der Waals surface area contributed by atoms with Gasteiger partial charge in [-0.05, 0) is 44.4 Å². The lowest BCUT2D eigenvalue weighted by molar-refractivity contribution is 0.372. The van der Waals surface area contributed by atoms with Gasteiger partial charge in [-0.3, -0.25) is 0 Å². The fourth-order valence-corrected chi connectivity index (χ4v) is 3.27. The smallest absolute Gasteiger partial charge is 0.00696 e.